The lowest BCUT2D eigenvalue weighted by Crippen LogP contribution is -2.17. The number of methoxy groups -OCH3 is 1. The van der Waals surface area contributed by atoms with Gasteiger partial charge in [0, 0.05) is 7.11 Å². The maximum Gasteiger partial charge on any atom is 0.0778 e. The normalized spacial score (nSPS) is 12.8. The molecule has 0 aliphatic carbocycles. The molecule has 0 rings (SSSR count). The molecule has 6 heteroatoms. The summed E-state index contributed by atoms with van der Waals surface area (Å²) < 4.78 is 25.9. The molecule has 1 N–H and O–H groups in total. The van der Waals surface area contributed by atoms with Crippen molar-refractivity contribution < 1.29 is 28.8 Å². The van der Waals surface area contributed by atoms with Crippen LogP contribution in [0.4, 0.5) is 0 Å². The summed E-state index contributed by atoms with van der Waals surface area (Å²) in [4.78, 5) is 0. The highest BCUT2D eigenvalue weighted by Gasteiger charge is 1.98. The molecule has 0 amide bonds. The summed E-state index contributed by atoms with van der Waals surface area (Å²) in [5, 5.41) is 8.71. The van der Waals surface area contributed by atoms with Crippen LogP contribution in [0.1, 0.15) is 6.92 Å². The van der Waals surface area contributed by atoms with Gasteiger partial charge >= 0.3 is 0 Å². The fourth-order valence-electron chi connectivity index (χ4n) is 1.05. The summed E-state index contributed by atoms with van der Waals surface area (Å²) >= 11 is 0. The van der Waals surface area contributed by atoms with E-state index in [0.717, 1.165) is 0 Å². The van der Waals surface area contributed by atoms with Crippen molar-refractivity contribution in [2.75, 3.05) is 66.6 Å². The van der Waals surface area contributed by atoms with Crippen molar-refractivity contribution in [2.24, 2.45) is 0 Å². The third kappa shape index (κ3) is 13.8. The van der Waals surface area contributed by atoms with Gasteiger partial charge in [-0.3, -0.25) is 0 Å². The minimum atomic E-state index is -0.130. The van der Waals surface area contributed by atoms with Crippen molar-refractivity contribution in [1.82, 2.24) is 0 Å². The Balaban J connectivity index is 2.94. The smallest absolute Gasteiger partial charge is 0.0778 e. The van der Waals surface area contributed by atoms with Crippen LogP contribution in [0.5, 0.6) is 0 Å². The van der Waals surface area contributed by atoms with E-state index < -0.39 is 0 Å². The summed E-state index contributed by atoms with van der Waals surface area (Å²) in [7, 11) is 1.64. The molecule has 0 radical (unpaired) electrons. The average molecular weight is 266 g/mol. The summed E-state index contributed by atoms with van der Waals surface area (Å²) in [6.45, 7) is 6.26. The summed E-state index contributed by atoms with van der Waals surface area (Å²) in [6, 6.07) is 0. The van der Waals surface area contributed by atoms with Crippen molar-refractivity contribution in [3.05, 3.63) is 0 Å². The minimum absolute atomic E-state index is 0.0339. The second-order valence-corrected chi connectivity index (χ2v) is 3.69. The first-order chi connectivity index (χ1) is 8.81. The number of aliphatic hydroxyl groups excluding tert-OH is 1. The Kier molecular flexibility index (Phi) is 14.6. The third-order valence-corrected chi connectivity index (χ3v) is 2.06. The van der Waals surface area contributed by atoms with Crippen molar-refractivity contribution in [2.45, 2.75) is 13.0 Å². The van der Waals surface area contributed by atoms with Crippen LogP contribution in [0.25, 0.3) is 0 Å². The quantitative estimate of drug-likeness (QED) is 0.449. The summed E-state index contributed by atoms with van der Waals surface area (Å²) in [6.07, 6.45) is -0.130. The van der Waals surface area contributed by atoms with E-state index in [1.807, 2.05) is 6.92 Å². The van der Waals surface area contributed by atoms with Crippen LogP contribution in [0.15, 0.2) is 0 Å². The molecule has 0 aliphatic heterocycles. The number of rotatable bonds is 14. The Morgan fingerprint density at radius 1 is 0.778 bits per heavy atom. The highest BCUT2D eigenvalue weighted by molar-refractivity contribution is 4.43. The van der Waals surface area contributed by atoms with Crippen LogP contribution in [-0.2, 0) is 23.7 Å². The highest BCUT2D eigenvalue weighted by atomic mass is 16.6. The molecule has 0 aromatic carbocycles. The maximum absolute atomic E-state index is 8.71. The molecule has 0 fully saturated rings. The highest BCUT2D eigenvalue weighted by Crippen LogP contribution is 1.88. The van der Waals surface area contributed by atoms with Gasteiger partial charge in [0.05, 0.1) is 65.6 Å². The summed E-state index contributed by atoms with van der Waals surface area (Å²) in [5.41, 5.74) is 0. The number of hydrogen-bond acceptors (Lipinski definition) is 6. The van der Waals surface area contributed by atoms with Gasteiger partial charge in [-0.05, 0) is 6.92 Å². The third-order valence-electron chi connectivity index (χ3n) is 2.06. The number of hydrogen-bond donors (Lipinski definition) is 1. The Bertz CT molecular complexity index is 156. The topological polar surface area (TPSA) is 66.4 Å². The fourth-order valence-corrected chi connectivity index (χ4v) is 1.05. The lowest BCUT2D eigenvalue weighted by molar-refractivity contribution is -0.0282. The molecule has 0 heterocycles. The molecule has 110 valence electrons. The molecule has 0 saturated carbocycles. The zero-order valence-corrected chi connectivity index (χ0v) is 11.4. The SMILES string of the molecule is COCCOCCOCCOCCOC(C)CO. The van der Waals surface area contributed by atoms with E-state index in [2.05, 4.69) is 0 Å². The van der Waals surface area contributed by atoms with Gasteiger partial charge < -0.3 is 28.8 Å². The lowest BCUT2D eigenvalue weighted by atomic mass is 10.4. The van der Waals surface area contributed by atoms with Crippen LogP contribution < -0.4 is 0 Å². The molecular weight excluding hydrogens is 240 g/mol. The van der Waals surface area contributed by atoms with Gasteiger partial charge in [0.15, 0.2) is 0 Å². The van der Waals surface area contributed by atoms with Crippen molar-refractivity contribution >= 4 is 0 Å². The second kappa shape index (κ2) is 14.8. The zero-order chi connectivity index (χ0) is 13.5. The van der Waals surface area contributed by atoms with E-state index in [1.165, 1.54) is 0 Å². The molecule has 0 aromatic rings. The molecule has 0 spiro atoms. The Morgan fingerprint density at radius 2 is 1.22 bits per heavy atom. The second-order valence-electron chi connectivity index (χ2n) is 3.69. The van der Waals surface area contributed by atoms with E-state index in [0.29, 0.717) is 52.9 Å². The van der Waals surface area contributed by atoms with Crippen LogP contribution in [0.2, 0.25) is 0 Å². The van der Waals surface area contributed by atoms with Gasteiger partial charge in [-0.2, -0.15) is 0 Å². The van der Waals surface area contributed by atoms with E-state index >= 15 is 0 Å². The fraction of sp³-hybridized carbons (Fsp3) is 1.00. The monoisotopic (exact) mass is 266 g/mol. The van der Waals surface area contributed by atoms with Crippen LogP contribution >= 0.6 is 0 Å². The lowest BCUT2D eigenvalue weighted by Gasteiger charge is -2.10. The number of ether oxygens (including phenoxy) is 5. The van der Waals surface area contributed by atoms with E-state index in [4.69, 9.17) is 28.8 Å². The van der Waals surface area contributed by atoms with Crippen molar-refractivity contribution in [3.63, 3.8) is 0 Å². The largest absolute Gasteiger partial charge is 0.394 e. The molecule has 0 bridgehead atoms. The van der Waals surface area contributed by atoms with Crippen LogP contribution in [0, 0.1) is 0 Å². The van der Waals surface area contributed by atoms with E-state index in [-0.39, 0.29) is 12.7 Å². The molecule has 0 aliphatic rings. The van der Waals surface area contributed by atoms with Gasteiger partial charge in [-0.15, -0.1) is 0 Å². The van der Waals surface area contributed by atoms with Crippen molar-refractivity contribution in [1.29, 1.82) is 0 Å². The molecular formula is C12H26O6. The van der Waals surface area contributed by atoms with Gasteiger partial charge in [-0.1, -0.05) is 0 Å². The molecule has 18 heavy (non-hydrogen) atoms. The first-order valence-corrected chi connectivity index (χ1v) is 6.26. The predicted molar refractivity (Wildman–Crippen MR) is 66.8 cm³/mol. The Hall–Kier alpha value is -0.240. The Labute approximate surface area is 109 Å². The summed E-state index contributed by atoms with van der Waals surface area (Å²) in [5.74, 6) is 0. The number of aliphatic hydroxyl groups is 1. The molecule has 1 atom stereocenters. The van der Waals surface area contributed by atoms with Gasteiger partial charge in [-0.25, -0.2) is 0 Å². The maximum atomic E-state index is 8.71. The van der Waals surface area contributed by atoms with E-state index in [9.17, 15) is 0 Å². The van der Waals surface area contributed by atoms with Crippen LogP contribution in [0.3, 0.4) is 0 Å². The first-order valence-electron chi connectivity index (χ1n) is 6.26. The zero-order valence-electron chi connectivity index (χ0n) is 11.4. The van der Waals surface area contributed by atoms with Crippen LogP contribution in [-0.4, -0.2) is 77.8 Å². The molecule has 6 nitrogen and oxygen atoms in total. The van der Waals surface area contributed by atoms with E-state index in [1.54, 1.807) is 7.11 Å². The van der Waals surface area contributed by atoms with Gasteiger partial charge in [0.1, 0.15) is 0 Å². The molecule has 1 unspecified atom stereocenters. The molecule has 0 aromatic heterocycles. The average Bonchev–Trinajstić information content (AvgIpc) is 2.39. The van der Waals surface area contributed by atoms with Gasteiger partial charge in [0.25, 0.3) is 0 Å². The molecule has 0 saturated heterocycles. The Morgan fingerprint density at radius 3 is 1.67 bits per heavy atom. The minimum Gasteiger partial charge on any atom is -0.394 e. The van der Waals surface area contributed by atoms with Crippen molar-refractivity contribution in [3.8, 4) is 0 Å². The standard InChI is InChI=1S/C12H26O6/c1-12(11-13)18-10-9-17-8-7-16-6-5-15-4-3-14-2/h12-13H,3-11H2,1-2H3. The van der Waals surface area contributed by atoms with Gasteiger partial charge in [0.2, 0.25) is 0 Å². The first kappa shape index (κ1) is 17.8. The predicted octanol–water partition coefficient (Wildman–Crippen LogP) is 0.0800.